The summed E-state index contributed by atoms with van der Waals surface area (Å²) in [6, 6.07) is 11.0. The predicted octanol–water partition coefficient (Wildman–Crippen LogP) is 3.18. The second-order valence-corrected chi connectivity index (χ2v) is 8.78. The molecule has 0 N–H and O–H groups in total. The highest BCUT2D eigenvalue weighted by Gasteiger charge is 2.20. The molecule has 29 heavy (non-hydrogen) atoms. The number of fused-ring (bicyclic) bond motifs is 1. The molecule has 0 radical (unpaired) electrons. The molecule has 154 valence electrons. The van der Waals surface area contributed by atoms with Crippen molar-refractivity contribution in [3.05, 3.63) is 58.4 Å². The number of ether oxygens (including phenoxy) is 1. The number of benzene rings is 2. The Morgan fingerprint density at radius 1 is 1.21 bits per heavy atom. The molecule has 0 saturated heterocycles. The van der Waals surface area contributed by atoms with Gasteiger partial charge in [-0.05, 0) is 30.7 Å². The summed E-state index contributed by atoms with van der Waals surface area (Å²) < 4.78 is 33.6. The van der Waals surface area contributed by atoms with Crippen molar-refractivity contribution in [3.8, 4) is 5.75 Å². The van der Waals surface area contributed by atoms with Crippen LogP contribution in [0.15, 0.2) is 47.4 Å². The molecule has 0 bridgehead atoms. The molecule has 0 amide bonds. The van der Waals surface area contributed by atoms with E-state index in [-0.39, 0.29) is 22.9 Å². The number of aromatic nitrogens is 2. The molecule has 0 aliphatic heterocycles. The lowest BCUT2D eigenvalue weighted by molar-refractivity contribution is -0.386. The van der Waals surface area contributed by atoms with Crippen LogP contribution in [0.4, 0.5) is 5.69 Å². The molecule has 3 aromatic rings. The summed E-state index contributed by atoms with van der Waals surface area (Å²) in [6.07, 6.45) is 0.835. The topological polar surface area (TPSA) is 108 Å². The first-order valence-electron chi connectivity index (χ1n) is 9.03. The summed E-state index contributed by atoms with van der Waals surface area (Å²) in [4.78, 5) is 15.4. The molecular weight excluding hydrogens is 396 g/mol. The number of hydrogen-bond donors (Lipinski definition) is 0. The first-order valence-corrected chi connectivity index (χ1v) is 10.5. The number of nitro benzene ring substituents is 1. The molecule has 0 aliphatic rings. The number of aryl methyl sites for hydroxylation is 1. The number of sulfonamides is 1. The lowest BCUT2D eigenvalue weighted by Crippen LogP contribution is -2.22. The van der Waals surface area contributed by atoms with Crippen molar-refractivity contribution in [2.24, 2.45) is 0 Å². The average molecular weight is 418 g/mol. The molecule has 2 aromatic carbocycles. The zero-order valence-electron chi connectivity index (χ0n) is 16.4. The van der Waals surface area contributed by atoms with Gasteiger partial charge in [0.05, 0.1) is 20.9 Å². The van der Waals surface area contributed by atoms with E-state index in [0.717, 1.165) is 16.2 Å². The van der Waals surface area contributed by atoms with Gasteiger partial charge in [0.1, 0.15) is 12.4 Å². The van der Waals surface area contributed by atoms with Gasteiger partial charge in [0, 0.05) is 26.7 Å². The minimum Gasteiger partial charge on any atom is -0.479 e. The first kappa shape index (κ1) is 20.7. The number of hydrogen-bond acceptors (Lipinski definition) is 6. The number of nitrogens with zero attached hydrogens (tertiary/aromatic N) is 4. The van der Waals surface area contributed by atoms with Gasteiger partial charge in [-0.3, -0.25) is 10.1 Å². The van der Waals surface area contributed by atoms with Gasteiger partial charge in [0.2, 0.25) is 10.0 Å². The van der Waals surface area contributed by atoms with Gasteiger partial charge in [-0.1, -0.05) is 19.1 Å². The van der Waals surface area contributed by atoms with Gasteiger partial charge >= 0.3 is 5.69 Å². The zero-order valence-corrected chi connectivity index (χ0v) is 17.2. The summed E-state index contributed by atoms with van der Waals surface area (Å²) in [5.74, 6) is 0.725. The van der Waals surface area contributed by atoms with Crippen molar-refractivity contribution >= 4 is 26.7 Å². The normalized spacial score (nSPS) is 11.9. The van der Waals surface area contributed by atoms with Gasteiger partial charge in [0.25, 0.3) is 0 Å². The van der Waals surface area contributed by atoms with Crippen molar-refractivity contribution in [1.29, 1.82) is 0 Å². The van der Waals surface area contributed by atoms with Crippen molar-refractivity contribution in [2.75, 3.05) is 14.1 Å². The summed E-state index contributed by atoms with van der Waals surface area (Å²) >= 11 is 0. The molecule has 10 heteroatoms. The lowest BCUT2D eigenvalue weighted by Gasteiger charge is -2.11. The summed E-state index contributed by atoms with van der Waals surface area (Å²) in [5, 5.41) is 11.2. The highest BCUT2D eigenvalue weighted by atomic mass is 32.2. The summed E-state index contributed by atoms with van der Waals surface area (Å²) in [5.41, 5.74) is 1.19. The largest absolute Gasteiger partial charge is 0.479 e. The van der Waals surface area contributed by atoms with E-state index in [9.17, 15) is 18.5 Å². The van der Waals surface area contributed by atoms with Crippen molar-refractivity contribution in [3.63, 3.8) is 0 Å². The van der Waals surface area contributed by atoms with Crippen LogP contribution in [-0.2, 0) is 23.2 Å². The third-order valence-corrected chi connectivity index (χ3v) is 6.25. The third kappa shape index (κ3) is 4.08. The van der Waals surface area contributed by atoms with Crippen LogP contribution >= 0.6 is 0 Å². The van der Waals surface area contributed by atoms with E-state index in [2.05, 4.69) is 4.98 Å². The average Bonchev–Trinajstić information content (AvgIpc) is 3.03. The molecular formula is C19H22N4O5S. The van der Waals surface area contributed by atoms with E-state index < -0.39 is 14.9 Å². The summed E-state index contributed by atoms with van der Waals surface area (Å²) in [7, 11) is -0.630. The third-order valence-electron chi connectivity index (χ3n) is 4.44. The van der Waals surface area contributed by atoms with Gasteiger partial charge < -0.3 is 9.30 Å². The first-order chi connectivity index (χ1) is 13.8. The van der Waals surface area contributed by atoms with Crippen LogP contribution in [0.5, 0.6) is 5.75 Å². The molecule has 0 atom stereocenters. The smallest absolute Gasteiger partial charge is 0.310 e. The van der Waals surface area contributed by atoms with Crippen molar-refractivity contribution in [1.82, 2.24) is 13.9 Å². The monoisotopic (exact) mass is 418 g/mol. The second-order valence-electron chi connectivity index (χ2n) is 6.63. The van der Waals surface area contributed by atoms with Crippen LogP contribution < -0.4 is 4.74 Å². The number of nitro groups is 1. The van der Waals surface area contributed by atoms with E-state index in [1.165, 1.54) is 32.3 Å². The van der Waals surface area contributed by atoms with Crippen molar-refractivity contribution < 1.29 is 18.1 Å². The summed E-state index contributed by atoms with van der Waals surface area (Å²) in [6.45, 7) is 2.70. The van der Waals surface area contributed by atoms with E-state index >= 15 is 0 Å². The standard InChI is InChI=1S/C19H22N4O5S/c1-4-11-22-16-10-9-14(29(26,27)21(2)3)12-15(16)20-19(22)13-28-18-8-6-5-7-17(18)23(24)25/h5-10,12H,4,11,13H2,1-3H3. The highest BCUT2D eigenvalue weighted by molar-refractivity contribution is 7.89. The molecule has 9 nitrogen and oxygen atoms in total. The Labute approximate surface area is 168 Å². The fourth-order valence-corrected chi connectivity index (χ4v) is 3.91. The minimum absolute atomic E-state index is 0.0231. The van der Waals surface area contributed by atoms with Crippen LogP contribution in [0.25, 0.3) is 11.0 Å². The fourth-order valence-electron chi connectivity index (χ4n) is 2.99. The Balaban J connectivity index is 1.99. The maximum absolute atomic E-state index is 12.4. The Morgan fingerprint density at radius 3 is 2.59 bits per heavy atom. The molecule has 0 saturated carbocycles. The molecule has 0 fully saturated rings. The number of rotatable bonds is 8. The van der Waals surface area contributed by atoms with Crippen LogP contribution in [0.2, 0.25) is 0 Å². The molecule has 1 heterocycles. The highest BCUT2D eigenvalue weighted by Crippen LogP contribution is 2.28. The van der Waals surface area contributed by atoms with Crippen LogP contribution in [0.1, 0.15) is 19.2 Å². The van der Waals surface area contributed by atoms with Crippen LogP contribution in [-0.4, -0.2) is 41.3 Å². The molecule has 1 aromatic heterocycles. The van der Waals surface area contributed by atoms with E-state index in [0.29, 0.717) is 17.9 Å². The molecule has 0 spiro atoms. The zero-order chi connectivity index (χ0) is 21.2. The van der Waals surface area contributed by atoms with Crippen LogP contribution in [0, 0.1) is 10.1 Å². The Hall–Kier alpha value is -2.98. The quantitative estimate of drug-likeness (QED) is 0.411. The van der Waals surface area contributed by atoms with Crippen LogP contribution in [0.3, 0.4) is 0 Å². The van der Waals surface area contributed by atoms with E-state index in [4.69, 9.17) is 4.74 Å². The van der Waals surface area contributed by atoms with Crippen molar-refractivity contribution in [2.45, 2.75) is 31.4 Å². The molecule has 3 rings (SSSR count). The number of para-hydroxylation sites is 2. The fraction of sp³-hybridized carbons (Fsp3) is 0.316. The Morgan fingerprint density at radius 2 is 1.93 bits per heavy atom. The maximum Gasteiger partial charge on any atom is 0.310 e. The molecule has 0 aliphatic carbocycles. The Bertz CT molecular complexity index is 1150. The van der Waals surface area contributed by atoms with E-state index in [1.807, 2.05) is 11.5 Å². The second kappa shape index (κ2) is 8.18. The van der Waals surface area contributed by atoms with Gasteiger partial charge in [0.15, 0.2) is 5.75 Å². The Kier molecular flexibility index (Phi) is 5.85. The van der Waals surface area contributed by atoms with Gasteiger partial charge in [-0.15, -0.1) is 0 Å². The lowest BCUT2D eigenvalue weighted by atomic mass is 10.3. The van der Waals surface area contributed by atoms with E-state index in [1.54, 1.807) is 24.3 Å². The SMILES string of the molecule is CCCn1c(COc2ccccc2[N+](=O)[O-])nc2cc(S(=O)(=O)N(C)C)ccc21. The van der Waals surface area contributed by atoms with Gasteiger partial charge in [-0.2, -0.15) is 0 Å². The minimum atomic E-state index is -3.58. The molecule has 0 unspecified atom stereocenters. The number of imidazole rings is 1. The van der Waals surface area contributed by atoms with Gasteiger partial charge in [-0.25, -0.2) is 17.7 Å². The maximum atomic E-state index is 12.4. The predicted molar refractivity (Wildman–Crippen MR) is 108 cm³/mol.